The maximum absolute atomic E-state index is 12.1. The highest BCUT2D eigenvalue weighted by atomic mass is 16.5. The third-order valence-electron chi connectivity index (χ3n) is 3.92. The van der Waals surface area contributed by atoms with E-state index < -0.39 is 12.0 Å². The molecule has 1 aliphatic carbocycles. The fourth-order valence-corrected chi connectivity index (χ4v) is 2.27. The third kappa shape index (κ3) is 4.48. The van der Waals surface area contributed by atoms with Crippen molar-refractivity contribution in [3.05, 3.63) is 29.8 Å². The Balaban J connectivity index is 1.91. The minimum absolute atomic E-state index is 0.296. The largest absolute Gasteiger partial charge is 0.490 e. The van der Waals surface area contributed by atoms with Crippen LogP contribution in [-0.2, 0) is 4.79 Å². The average Bonchev–Trinajstić information content (AvgIpc) is 2.47. The number of carbonyl (C=O) groups excluding carboxylic acids is 1. The van der Waals surface area contributed by atoms with Crippen LogP contribution in [0.2, 0.25) is 0 Å². The highest BCUT2D eigenvalue weighted by molar-refractivity contribution is 5.96. The Morgan fingerprint density at radius 3 is 2.50 bits per heavy atom. The number of rotatable bonds is 8. The van der Waals surface area contributed by atoms with Gasteiger partial charge in [0, 0.05) is 5.56 Å². The zero-order valence-electron chi connectivity index (χ0n) is 12.9. The number of carboxylic acid groups (broad SMARTS) is 1. The molecule has 1 amide bonds. The van der Waals surface area contributed by atoms with Gasteiger partial charge in [0.25, 0.3) is 5.91 Å². The lowest BCUT2D eigenvalue weighted by atomic mass is 9.96. The molecule has 1 aromatic rings. The molecule has 0 aromatic heterocycles. The first-order valence-electron chi connectivity index (χ1n) is 7.90. The summed E-state index contributed by atoms with van der Waals surface area (Å²) in [6.45, 7) is 1.99. The molecule has 0 spiro atoms. The van der Waals surface area contributed by atoms with E-state index in [0.29, 0.717) is 18.1 Å². The molecule has 0 radical (unpaired) electrons. The zero-order valence-corrected chi connectivity index (χ0v) is 12.9. The summed E-state index contributed by atoms with van der Waals surface area (Å²) in [6, 6.07) is 6.02. The topological polar surface area (TPSA) is 75.6 Å². The molecule has 1 saturated carbocycles. The molecule has 1 unspecified atom stereocenters. The van der Waals surface area contributed by atoms with E-state index in [2.05, 4.69) is 5.32 Å². The van der Waals surface area contributed by atoms with Crippen molar-refractivity contribution in [3.8, 4) is 5.75 Å². The van der Waals surface area contributed by atoms with Gasteiger partial charge < -0.3 is 15.2 Å². The number of carboxylic acids is 1. The van der Waals surface area contributed by atoms with Gasteiger partial charge in [-0.15, -0.1) is 0 Å². The van der Waals surface area contributed by atoms with Gasteiger partial charge in [0.2, 0.25) is 0 Å². The van der Waals surface area contributed by atoms with E-state index in [9.17, 15) is 9.59 Å². The van der Waals surface area contributed by atoms with Crippen molar-refractivity contribution in [1.29, 1.82) is 0 Å². The molecule has 0 bridgehead atoms. The number of hydrogen-bond acceptors (Lipinski definition) is 3. The fraction of sp³-hybridized carbons (Fsp3) is 0.529. The number of amides is 1. The van der Waals surface area contributed by atoms with Crippen LogP contribution in [0.5, 0.6) is 5.75 Å². The summed E-state index contributed by atoms with van der Waals surface area (Å²) in [5.74, 6) is -0.604. The first-order chi connectivity index (χ1) is 10.6. The van der Waals surface area contributed by atoms with Gasteiger partial charge in [0.1, 0.15) is 11.8 Å². The molecule has 1 aromatic carbocycles. The van der Waals surface area contributed by atoms with Crippen LogP contribution in [0, 0.1) is 0 Å². The van der Waals surface area contributed by atoms with Crippen molar-refractivity contribution in [2.24, 2.45) is 0 Å². The Kier molecular flexibility index (Phi) is 5.81. The fourth-order valence-electron chi connectivity index (χ4n) is 2.27. The van der Waals surface area contributed by atoms with Crippen LogP contribution >= 0.6 is 0 Å². The quantitative estimate of drug-likeness (QED) is 0.774. The molecule has 5 heteroatoms. The van der Waals surface area contributed by atoms with E-state index in [0.717, 1.165) is 31.4 Å². The molecule has 0 saturated heterocycles. The van der Waals surface area contributed by atoms with Crippen molar-refractivity contribution in [1.82, 2.24) is 5.32 Å². The van der Waals surface area contributed by atoms with Crippen molar-refractivity contribution in [3.63, 3.8) is 0 Å². The van der Waals surface area contributed by atoms with Gasteiger partial charge in [0.05, 0.1) is 6.10 Å². The summed E-state index contributed by atoms with van der Waals surface area (Å²) in [7, 11) is 0. The van der Waals surface area contributed by atoms with Crippen LogP contribution in [-0.4, -0.2) is 29.1 Å². The van der Waals surface area contributed by atoms with Crippen LogP contribution in [0.15, 0.2) is 24.3 Å². The molecule has 2 N–H and O–H groups in total. The average molecular weight is 305 g/mol. The molecule has 1 atom stereocenters. The van der Waals surface area contributed by atoms with Gasteiger partial charge >= 0.3 is 5.97 Å². The highest BCUT2D eigenvalue weighted by Crippen LogP contribution is 2.25. The Hall–Kier alpha value is -2.04. The smallest absolute Gasteiger partial charge is 0.326 e. The van der Waals surface area contributed by atoms with Crippen molar-refractivity contribution < 1.29 is 19.4 Å². The van der Waals surface area contributed by atoms with Crippen LogP contribution in [0.3, 0.4) is 0 Å². The molecule has 5 nitrogen and oxygen atoms in total. The van der Waals surface area contributed by atoms with E-state index in [-0.39, 0.29) is 5.91 Å². The molecule has 22 heavy (non-hydrogen) atoms. The monoisotopic (exact) mass is 305 g/mol. The second-order valence-electron chi connectivity index (χ2n) is 5.70. The van der Waals surface area contributed by atoms with Gasteiger partial charge in [0.15, 0.2) is 0 Å². The molecular formula is C17H23NO4. The number of carbonyl (C=O) groups is 2. The standard InChI is InChI=1S/C17H23NO4/c1-2-3-7-15(17(20)21)18-16(19)12-8-10-14(11-9-12)22-13-5-4-6-13/h8-11,13,15H,2-7H2,1H3,(H,18,19)(H,20,21). The van der Waals surface area contributed by atoms with Crippen molar-refractivity contribution in [2.45, 2.75) is 57.6 Å². The lowest BCUT2D eigenvalue weighted by Gasteiger charge is -2.26. The summed E-state index contributed by atoms with van der Waals surface area (Å²) in [5.41, 5.74) is 0.448. The molecular weight excluding hydrogens is 282 g/mol. The maximum Gasteiger partial charge on any atom is 0.326 e. The van der Waals surface area contributed by atoms with Gasteiger partial charge in [-0.25, -0.2) is 4.79 Å². The Bertz CT molecular complexity index is 508. The molecule has 0 aliphatic heterocycles. The summed E-state index contributed by atoms with van der Waals surface area (Å²) >= 11 is 0. The zero-order chi connectivity index (χ0) is 15.9. The molecule has 2 rings (SSSR count). The number of ether oxygens (including phenoxy) is 1. The normalized spacial score (nSPS) is 15.7. The Morgan fingerprint density at radius 2 is 2.00 bits per heavy atom. The van der Waals surface area contributed by atoms with Gasteiger partial charge in [-0.1, -0.05) is 19.8 Å². The summed E-state index contributed by atoms with van der Waals surface area (Å²) in [5, 5.41) is 11.7. The number of aliphatic carboxylic acids is 1. The first-order valence-corrected chi connectivity index (χ1v) is 7.90. The predicted octanol–water partition coefficient (Wildman–Crippen LogP) is 2.99. The number of benzene rings is 1. The third-order valence-corrected chi connectivity index (χ3v) is 3.92. The summed E-state index contributed by atoms with van der Waals surface area (Å²) in [6.07, 6.45) is 5.78. The van der Waals surface area contributed by atoms with E-state index in [4.69, 9.17) is 9.84 Å². The molecule has 1 fully saturated rings. The van der Waals surface area contributed by atoms with Crippen LogP contribution in [0.1, 0.15) is 55.8 Å². The lowest BCUT2D eigenvalue weighted by Crippen LogP contribution is -2.40. The number of hydrogen-bond donors (Lipinski definition) is 2. The molecule has 120 valence electrons. The van der Waals surface area contributed by atoms with Gasteiger partial charge in [-0.2, -0.15) is 0 Å². The number of unbranched alkanes of at least 4 members (excludes halogenated alkanes) is 1. The Morgan fingerprint density at radius 1 is 1.32 bits per heavy atom. The maximum atomic E-state index is 12.1. The first kappa shape index (κ1) is 16.3. The minimum atomic E-state index is -0.994. The van der Waals surface area contributed by atoms with E-state index >= 15 is 0 Å². The van der Waals surface area contributed by atoms with Crippen molar-refractivity contribution in [2.75, 3.05) is 0 Å². The molecule has 0 heterocycles. The summed E-state index contributed by atoms with van der Waals surface area (Å²) < 4.78 is 5.73. The number of nitrogens with one attached hydrogen (secondary N) is 1. The molecule has 1 aliphatic rings. The van der Waals surface area contributed by atoms with E-state index in [1.807, 2.05) is 6.92 Å². The second kappa shape index (κ2) is 7.82. The highest BCUT2D eigenvalue weighted by Gasteiger charge is 2.21. The van der Waals surface area contributed by atoms with Gasteiger partial charge in [-0.3, -0.25) is 4.79 Å². The SMILES string of the molecule is CCCCC(NC(=O)c1ccc(OC2CCC2)cc1)C(=O)O. The Labute approximate surface area is 130 Å². The predicted molar refractivity (Wildman–Crippen MR) is 83.1 cm³/mol. The van der Waals surface area contributed by atoms with Crippen LogP contribution < -0.4 is 10.1 Å². The minimum Gasteiger partial charge on any atom is -0.490 e. The van der Waals surface area contributed by atoms with Crippen molar-refractivity contribution >= 4 is 11.9 Å². The lowest BCUT2D eigenvalue weighted by molar-refractivity contribution is -0.139. The second-order valence-corrected chi connectivity index (χ2v) is 5.70. The van der Waals surface area contributed by atoms with E-state index in [1.165, 1.54) is 6.42 Å². The van der Waals surface area contributed by atoms with E-state index in [1.54, 1.807) is 24.3 Å². The van der Waals surface area contributed by atoms with Crippen LogP contribution in [0.4, 0.5) is 0 Å². The van der Waals surface area contributed by atoms with Crippen LogP contribution in [0.25, 0.3) is 0 Å². The summed E-state index contributed by atoms with van der Waals surface area (Å²) in [4.78, 5) is 23.3. The van der Waals surface area contributed by atoms with Gasteiger partial charge in [-0.05, 0) is 49.9 Å².